The second kappa shape index (κ2) is 5.53. The maximum absolute atomic E-state index is 9.34. The van der Waals surface area contributed by atoms with E-state index in [1.165, 1.54) is 0 Å². The lowest BCUT2D eigenvalue weighted by Crippen LogP contribution is -2.47. The van der Waals surface area contributed by atoms with E-state index in [0.29, 0.717) is 18.8 Å². The zero-order chi connectivity index (χ0) is 13.9. The molecule has 0 saturated carbocycles. The van der Waals surface area contributed by atoms with Crippen LogP contribution in [0.1, 0.15) is 5.56 Å². The van der Waals surface area contributed by atoms with E-state index in [-0.39, 0.29) is 6.23 Å². The first-order valence-corrected chi connectivity index (χ1v) is 6.60. The lowest BCUT2D eigenvalue weighted by molar-refractivity contribution is -0.0290. The molecular weight excluding hydrogens is 256 g/mol. The molecule has 1 aromatic rings. The van der Waals surface area contributed by atoms with Crippen molar-refractivity contribution in [2.24, 2.45) is 0 Å². The fourth-order valence-electron chi connectivity index (χ4n) is 2.46. The molecule has 2 aliphatic heterocycles. The van der Waals surface area contributed by atoms with Crippen molar-refractivity contribution < 1.29 is 14.2 Å². The Kier molecular flexibility index (Phi) is 3.59. The first kappa shape index (κ1) is 13.0. The van der Waals surface area contributed by atoms with Gasteiger partial charge < -0.3 is 14.2 Å². The lowest BCUT2D eigenvalue weighted by Gasteiger charge is -2.36. The Morgan fingerprint density at radius 3 is 2.85 bits per heavy atom. The molecule has 1 aromatic carbocycles. The van der Waals surface area contributed by atoms with Crippen LogP contribution in [0.4, 0.5) is 0 Å². The quantitative estimate of drug-likeness (QED) is 0.819. The third-order valence-corrected chi connectivity index (χ3v) is 3.54. The third-order valence-electron chi connectivity index (χ3n) is 3.54. The maximum atomic E-state index is 9.34. The highest BCUT2D eigenvalue weighted by Crippen LogP contribution is 2.33. The molecule has 3 rings (SSSR count). The van der Waals surface area contributed by atoms with Crippen molar-refractivity contribution >= 4 is 6.08 Å². The molecule has 0 spiro atoms. The molecule has 2 heterocycles. The monoisotopic (exact) mass is 272 g/mol. The summed E-state index contributed by atoms with van der Waals surface area (Å²) in [4.78, 5) is 2.13. The minimum absolute atomic E-state index is 0.330. The van der Waals surface area contributed by atoms with E-state index in [2.05, 4.69) is 11.0 Å². The van der Waals surface area contributed by atoms with Crippen LogP contribution < -0.4 is 9.47 Å². The van der Waals surface area contributed by atoms with Gasteiger partial charge in [-0.25, -0.2) is 0 Å². The van der Waals surface area contributed by atoms with Crippen LogP contribution in [0.15, 0.2) is 23.8 Å². The molecule has 2 aliphatic rings. The molecule has 0 aromatic heterocycles. The predicted molar refractivity (Wildman–Crippen MR) is 73.4 cm³/mol. The van der Waals surface area contributed by atoms with Crippen molar-refractivity contribution in [2.75, 3.05) is 33.4 Å². The molecule has 1 atom stereocenters. The van der Waals surface area contributed by atoms with Crippen LogP contribution in [0.3, 0.4) is 0 Å². The van der Waals surface area contributed by atoms with Gasteiger partial charge in [0.15, 0.2) is 6.23 Å². The highest BCUT2D eigenvalue weighted by atomic mass is 16.5. The van der Waals surface area contributed by atoms with Crippen molar-refractivity contribution in [3.63, 3.8) is 0 Å². The molecule has 104 valence electrons. The minimum atomic E-state index is -0.330. The van der Waals surface area contributed by atoms with Gasteiger partial charge in [-0.2, -0.15) is 5.26 Å². The van der Waals surface area contributed by atoms with Crippen molar-refractivity contribution in [1.82, 2.24) is 4.90 Å². The zero-order valence-electron chi connectivity index (χ0n) is 11.3. The molecule has 0 bridgehead atoms. The van der Waals surface area contributed by atoms with Crippen LogP contribution in [0.5, 0.6) is 11.5 Å². The number of hydrogen-bond donors (Lipinski definition) is 0. The molecule has 0 amide bonds. The standard InChI is InChI=1S/C15H16N2O3/c1-18-13-3-2-11-8-12(10-16)15(20-14(11)9-13)17-4-6-19-7-5-17/h2-3,8-9,15H,4-7H2,1H3. The van der Waals surface area contributed by atoms with Crippen molar-refractivity contribution in [3.05, 3.63) is 29.3 Å². The summed E-state index contributed by atoms with van der Waals surface area (Å²) in [6.45, 7) is 2.87. The first-order chi connectivity index (χ1) is 9.81. The molecule has 0 aliphatic carbocycles. The van der Waals surface area contributed by atoms with Crippen LogP contribution in [-0.4, -0.2) is 44.5 Å². The summed E-state index contributed by atoms with van der Waals surface area (Å²) < 4.78 is 16.6. The van der Waals surface area contributed by atoms with E-state index in [9.17, 15) is 5.26 Å². The fraction of sp³-hybridized carbons (Fsp3) is 0.400. The smallest absolute Gasteiger partial charge is 0.189 e. The number of morpholine rings is 1. The number of rotatable bonds is 2. The van der Waals surface area contributed by atoms with Crippen molar-refractivity contribution in [2.45, 2.75) is 6.23 Å². The second-order valence-corrected chi connectivity index (χ2v) is 4.73. The molecule has 5 nitrogen and oxygen atoms in total. The lowest BCUT2D eigenvalue weighted by atomic mass is 10.1. The fourth-order valence-corrected chi connectivity index (χ4v) is 2.46. The van der Waals surface area contributed by atoms with Crippen LogP contribution in [-0.2, 0) is 4.74 Å². The van der Waals surface area contributed by atoms with Crippen LogP contribution in [0.2, 0.25) is 0 Å². The molecule has 5 heteroatoms. The number of ether oxygens (including phenoxy) is 3. The largest absolute Gasteiger partial charge is 0.497 e. The summed E-state index contributed by atoms with van der Waals surface area (Å²) in [6.07, 6.45) is 1.56. The van der Waals surface area contributed by atoms with E-state index in [0.717, 1.165) is 30.2 Å². The van der Waals surface area contributed by atoms with E-state index >= 15 is 0 Å². The van der Waals surface area contributed by atoms with Gasteiger partial charge in [-0.05, 0) is 18.2 Å². The number of fused-ring (bicyclic) bond motifs is 1. The van der Waals surface area contributed by atoms with Gasteiger partial charge in [0.25, 0.3) is 0 Å². The normalized spacial score (nSPS) is 22.2. The second-order valence-electron chi connectivity index (χ2n) is 4.73. The number of nitrogens with zero attached hydrogens (tertiary/aromatic N) is 2. The average molecular weight is 272 g/mol. The number of nitriles is 1. The number of benzene rings is 1. The van der Waals surface area contributed by atoms with Gasteiger partial charge in [-0.3, -0.25) is 4.90 Å². The summed E-state index contributed by atoms with van der Waals surface area (Å²) in [5.41, 5.74) is 1.54. The molecule has 1 saturated heterocycles. The van der Waals surface area contributed by atoms with Crippen LogP contribution in [0, 0.1) is 11.3 Å². The summed E-state index contributed by atoms with van der Waals surface area (Å²) >= 11 is 0. The van der Waals surface area contributed by atoms with E-state index in [1.54, 1.807) is 7.11 Å². The SMILES string of the molecule is COc1ccc2c(c1)OC(N1CCOCC1)C(C#N)=C2. The predicted octanol–water partition coefficient (Wildman–Crippen LogP) is 1.65. The van der Waals surface area contributed by atoms with Gasteiger partial charge >= 0.3 is 0 Å². The zero-order valence-corrected chi connectivity index (χ0v) is 11.3. The Labute approximate surface area is 118 Å². The Hall–Kier alpha value is -2.03. The number of hydrogen-bond acceptors (Lipinski definition) is 5. The third kappa shape index (κ3) is 2.36. The summed E-state index contributed by atoms with van der Waals surface area (Å²) in [5, 5.41) is 9.34. The molecule has 1 fully saturated rings. The Morgan fingerprint density at radius 2 is 2.15 bits per heavy atom. The molecule has 0 radical (unpaired) electrons. The summed E-state index contributed by atoms with van der Waals surface area (Å²) in [7, 11) is 1.63. The Bertz CT molecular complexity index is 571. The van der Waals surface area contributed by atoms with Crippen molar-refractivity contribution in [1.29, 1.82) is 5.26 Å². The highest BCUT2D eigenvalue weighted by molar-refractivity contribution is 5.67. The van der Waals surface area contributed by atoms with Gasteiger partial charge in [-0.1, -0.05) is 0 Å². The maximum Gasteiger partial charge on any atom is 0.189 e. The van der Waals surface area contributed by atoms with Gasteiger partial charge in [0, 0.05) is 24.7 Å². The van der Waals surface area contributed by atoms with Gasteiger partial charge in [0.1, 0.15) is 17.6 Å². The molecule has 1 unspecified atom stereocenters. The Balaban J connectivity index is 1.92. The summed E-state index contributed by atoms with van der Waals surface area (Å²) in [5.74, 6) is 1.50. The van der Waals surface area contributed by atoms with E-state index in [1.807, 2.05) is 24.3 Å². The Morgan fingerprint density at radius 1 is 1.35 bits per heavy atom. The molecular formula is C15H16N2O3. The van der Waals surface area contributed by atoms with E-state index in [4.69, 9.17) is 14.2 Å². The van der Waals surface area contributed by atoms with E-state index < -0.39 is 0 Å². The highest BCUT2D eigenvalue weighted by Gasteiger charge is 2.30. The van der Waals surface area contributed by atoms with Gasteiger partial charge in [-0.15, -0.1) is 0 Å². The molecule has 20 heavy (non-hydrogen) atoms. The van der Waals surface area contributed by atoms with Crippen LogP contribution >= 0.6 is 0 Å². The summed E-state index contributed by atoms with van der Waals surface area (Å²) in [6, 6.07) is 7.87. The van der Waals surface area contributed by atoms with Gasteiger partial charge in [0.05, 0.1) is 25.9 Å². The van der Waals surface area contributed by atoms with Gasteiger partial charge in [0.2, 0.25) is 0 Å². The molecule has 0 N–H and O–H groups in total. The van der Waals surface area contributed by atoms with Crippen molar-refractivity contribution in [3.8, 4) is 17.6 Å². The minimum Gasteiger partial charge on any atom is -0.497 e. The van der Waals surface area contributed by atoms with Crippen LogP contribution in [0.25, 0.3) is 6.08 Å². The first-order valence-electron chi connectivity index (χ1n) is 6.60. The topological polar surface area (TPSA) is 54.7 Å². The number of methoxy groups -OCH3 is 1. The average Bonchev–Trinajstić information content (AvgIpc) is 2.53.